The summed E-state index contributed by atoms with van der Waals surface area (Å²) in [5.41, 5.74) is 0. The second kappa shape index (κ2) is 40.5. The van der Waals surface area contributed by atoms with E-state index in [4.69, 9.17) is 90.0 Å². The third kappa shape index (κ3) is 20.2. The quantitative estimate of drug-likeness (QED) is 0.0363. The number of ether oxygens (including phenoxy) is 19. The van der Waals surface area contributed by atoms with E-state index >= 15 is 0 Å². The molecular formula is C66H111N3O47. The number of amides is 3. The van der Waals surface area contributed by atoms with Crippen molar-refractivity contribution in [2.24, 2.45) is 0 Å². The molecule has 0 saturated carbocycles. The lowest BCUT2D eigenvalue weighted by molar-refractivity contribution is -0.404. The minimum atomic E-state index is -2.53. The van der Waals surface area contributed by atoms with Gasteiger partial charge in [-0.25, -0.2) is 0 Å². The van der Waals surface area contributed by atoms with Crippen LogP contribution in [0, 0.1) is 0 Å². The van der Waals surface area contributed by atoms with Crippen LogP contribution in [0.25, 0.3) is 0 Å². The summed E-state index contributed by atoms with van der Waals surface area (Å²) < 4.78 is 115. The Hall–Kier alpha value is -3.35. The van der Waals surface area contributed by atoms with Crippen LogP contribution < -0.4 is 16.0 Å². The van der Waals surface area contributed by atoms with E-state index in [0.29, 0.717) is 0 Å². The Morgan fingerprint density at radius 2 is 0.457 bits per heavy atom. The molecule has 10 aliphatic rings. The normalized spacial score (nSPS) is 51.7. The monoisotopic (exact) mass is 1700 g/mol. The SMILES string of the molecule is CC(=O)N[C@@H]1[C@@H](O[C@@H]2O[C@@H](C)[C@@H](O)[C@@H](O)[C@@H]2O)[C@H](O[C@@H]2O[C@H](CO)[C@H](O)[C@H](O[C@@H]3O[C@H](CO)[C@@H](O[C@@H]4O[C@H](CO)[C@H](O)[C@H](O[C@@H]5O[C@H](CO)[C@@H](O[C@@H]6O[C@H](CO)[C@H](O)[C@H](O)[C@H]6O[C@@H]6O[C@@H](C)[C@@H](O)[C@@H](O)[C@@H]6O)[C@H](O[C@@H]6O[C@@H](C)[C@@H](O)[C@@H](O)[C@@H]6O)[C@H]5NC(C)=O)[C@H]4O)[C@H](O[C@@H]4O[C@@H](C)[C@@H](O)[C@@H](O)[C@@H]4O)[C@H]3NC(C)=O)[C@H]2O)[C@@H](CO)O[C@H]1O. The van der Waals surface area contributed by atoms with Gasteiger partial charge in [-0.3, -0.25) is 14.4 Å². The fraction of sp³-hybridized carbons (Fsp3) is 0.955. The van der Waals surface area contributed by atoms with E-state index < -0.39 is 364 Å². The second-order valence-corrected chi connectivity index (χ2v) is 30.1. The van der Waals surface area contributed by atoms with Crippen molar-refractivity contribution < 1.29 is 232 Å². The zero-order valence-corrected chi connectivity index (χ0v) is 63.3. The van der Waals surface area contributed by atoms with Gasteiger partial charge in [-0.05, 0) is 27.7 Å². The molecule has 28 N–H and O–H groups in total. The van der Waals surface area contributed by atoms with E-state index in [9.17, 15) is 142 Å². The van der Waals surface area contributed by atoms with Crippen molar-refractivity contribution in [1.29, 1.82) is 0 Å². The van der Waals surface area contributed by atoms with Crippen molar-refractivity contribution in [2.75, 3.05) is 39.6 Å². The maximum Gasteiger partial charge on any atom is 0.217 e. The number of aliphatic hydroxyl groups is 25. The van der Waals surface area contributed by atoms with Crippen molar-refractivity contribution >= 4 is 17.7 Å². The van der Waals surface area contributed by atoms with Crippen LogP contribution in [0.1, 0.15) is 48.5 Å². The fourth-order valence-corrected chi connectivity index (χ4v) is 15.4. The minimum absolute atomic E-state index is 0.843. The molecule has 50 heteroatoms. The number of carbonyl (C=O) groups excluding carboxylic acids is 3. The zero-order chi connectivity index (χ0) is 85.4. The maximum atomic E-state index is 13.7. The second-order valence-electron chi connectivity index (χ2n) is 30.1. The maximum absolute atomic E-state index is 13.7. The highest BCUT2D eigenvalue weighted by Gasteiger charge is 2.63. The Morgan fingerprint density at radius 3 is 0.767 bits per heavy atom. The van der Waals surface area contributed by atoms with Gasteiger partial charge in [-0.2, -0.15) is 0 Å². The summed E-state index contributed by atoms with van der Waals surface area (Å²) in [7, 11) is 0. The smallest absolute Gasteiger partial charge is 0.217 e. The summed E-state index contributed by atoms with van der Waals surface area (Å²) in [5, 5.41) is 287. The van der Waals surface area contributed by atoms with E-state index in [0.717, 1.165) is 20.8 Å². The molecule has 0 unspecified atom stereocenters. The van der Waals surface area contributed by atoms with Crippen LogP contribution in [0.5, 0.6) is 0 Å². The van der Waals surface area contributed by atoms with Gasteiger partial charge in [0.15, 0.2) is 62.9 Å². The molecule has 10 heterocycles. The molecule has 10 fully saturated rings. The molecule has 0 aliphatic carbocycles. The summed E-state index contributed by atoms with van der Waals surface area (Å²) in [6.07, 6.45) is -94.8. The molecule has 50 nitrogen and oxygen atoms in total. The molecule has 10 rings (SSSR count). The molecule has 0 aromatic rings. The minimum Gasteiger partial charge on any atom is -0.394 e. The molecule has 50 atom stereocenters. The third-order valence-electron chi connectivity index (χ3n) is 21.9. The van der Waals surface area contributed by atoms with Crippen LogP contribution in [0.3, 0.4) is 0 Å². The molecule has 0 aromatic heterocycles. The first-order valence-electron chi connectivity index (χ1n) is 37.6. The number of aliphatic hydroxyl groups excluding tert-OH is 25. The fourth-order valence-electron chi connectivity index (χ4n) is 15.4. The molecule has 10 saturated heterocycles. The van der Waals surface area contributed by atoms with Gasteiger partial charge in [0.05, 0.1) is 64.1 Å². The average Bonchev–Trinajstić information content (AvgIpc) is 0.759. The Balaban J connectivity index is 0.985. The molecule has 116 heavy (non-hydrogen) atoms. The summed E-state index contributed by atoms with van der Waals surface area (Å²) >= 11 is 0. The van der Waals surface area contributed by atoms with E-state index in [-0.39, 0.29) is 0 Å². The van der Waals surface area contributed by atoms with E-state index in [1.54, 1.807) is 0 Å². The van der Waals surface area contributed by atoms with Gasteiger partial charge in [0.2, 0.25) is 17.7 Å². The number of nitrogens with one attached hydrogen (secondary N) is 3. The molecule has 3 amide bonds. The lowest BCUT2D eigenvalue weighted by atomic mass is 9.93. The number of hydrogen-bond donors (Lipinski definition) is 28. The summed E-state index contributed by atoms with van der Waals surface area (Å²) in [6.45, 7) is 0.820. The predicted octanol–water partition coefficient (Wildman–Crippen LogP) is -18.3. The van der Waals surface area contributed by atoms with Crippen molar-refractivity contribution in [3.05, 3.63) is 0 Å². The van der Waals surface area contributed by atoms with Gasteiger partial charge in [0.25, 0.3) is 0 Å². The molecular weight excluding hydrogens is 1590 g/mol. The first-order valence-corrected chi connectivity index (χ1v) is 37.6. The first-order chi connectivity index (χ1) is 54.7. The van der Waals surface area contributed by atoms with Gasteiger partial charge < -0.3 is 234 Å². The summed E-state index contributed by atoms with van der Waals surface area (Å²) in [5.74, 6) is -2.88. The standard InChI is InChI=1S/C66H111N3O47/c1-14-30(79)37(86)42(91)60(98-14)111-51-27(67-18(5)76)57(97)102-24(11-73)48(51)108-64-46(95)54(35(84)22(9-71)103-64)114-58-28(68-19(6)77)52(112-61-43(92)38(87)31(80)15(2)99-61)49(25(12-74)106-58)109-65-47(96)55(36(85)23(10-72)104-65)115-59-29(69-20(7)78)53(113-62-44(93)39(88)32(81)16(3)100-62)50(26(13-75)107-59)110-66-56(41(90)34(83)21(8-70)105-66)116-63-45(94)40(89)33(82)17(4)101-63/h14-17,21-66,70-75,79-97H,8-13H2,1-7H3,(H,67,76)(H,68,77)(H,69,78)/t14-,15-,16-,17-,21+,22+,23+,24+,25+,26+,27+,28+,29+,30+,31+,32+,33+,34-,35-,36-,37+,38+,39+,40+,41-,42-,43-,44-,45-,46+,47+,48+,49+,50+,51+,52+,53+,54-,55-,56+,57+,58-,59-,60-,61-,62-,63-,64-,65-,66-/m0/s1. The number of rotatable bonds is 27. The molecule has 0 aromatic carbocycles. The third-order valence-corrected chi connectivity index (χ3v) is 21.9. The zero-order valence-electron chi connectivity index (χ0n) is 63.3. The largest absolute Gasteiger partial charge is 0.394 e. The highest BCUT2D eigenvalue weighted by atomic mass is 16.8. The average molecular weight is 1700 g/mol. The Morgan fingerprint density at radius 1 is 0.224 bits per heavy atom. The van der Waals surface area contributed by atoms with Crippen molar-refractivity contribution in [1.82, 2.24) is 16.0 Å². The molecule has 0 radical (unpaired) electrons. The van der Waals surface area contributed by atoms with Crippen LogP contribution >= 0.6 is 0 Å². The molecule has 0 spiro atoms. The van der Waals surface area contributed by atoms with Gasteiger partial charge in [0.1, 0.15) is 220 Å². The van der Waals surface area contributed by atoms with Gasteiger partial charge in [-0.1, -0.05) is 0 Å². The van der Waals surface area contributed by atoms with Crippen molar-refractivity contribution in [2.45, 2.75) is 355 Å². The Bertz CT molecular complexity index is 3100. The highest BCUT2D eigenvalue weighted by molar-refractivity contribution is 5.74. The molecule has 0 bridgehead atoms. The Labute approximate surface area is 659 Å². The summed E-state index contributed by atoms with van der Waals surface area (Å²) in [4.78, 5) is 39.9. The van der Waals surface area contributed by atoms with Crippen LogP contribution in [-0.4, -0.2) is 492 Å². The Kier molecular flexibility index (Phi) is 33.2. The molecule has 10 aliphatic heterocycles. The van der Waals surface area contributed by atoms with Crippen LogP contribution in [0.4, 0.5) is 0 Å². The lowest BCUT2D eigenvalue weighted by Gasteiger charge is -2.53. The van der Waals surface area contributed by atoms with Crippen molar-refractivity contribution in [3.63, 3.8) is 0 Å². The molecule has 672 valence electrons. The van der Waals surface area contributed by atoms with E-state index in [1.807, 2.05) is 0 Å². The van der Waals surface area contributed by atoms with Crippen molar-refractivity contribution in [3.8, 4) is 0 Å². The predicted molar refractivity (Wildman–Crippen MR) is 359 cm³/mol. The topological polar surface area (TPSA) is 768 Å². The number of carbonyl (C=O) groups is 3. The van der Waals surface area contributed by atoms with Gasteiger partial charge in [0, 0.05) is 20.8 Å². The highest BCUT2D eigenvalue weighted by Crippen LogP contribution is 2.42. The van der Waals surface area contributed by atoms with Crippen LogP contribution in [0.2, 0.25) is 0 Å². The van der Waals surface area contributed by atoms with Gasteiger partial charge >= 0.3 is 0 Å². The summed E-state index contributed by atoms with van der Waals surface area (Å²) in [6, 6.07) is -5.87. The lowest BCUT2D eigenvalue weighted by Crippen LogP contribution is -2.72. The van der Waals surface area contributed by atoms with E-state index in [2.05, 4.69) is 16.0 Å². The first kappa shape index (κ1) is 94.9. The van der Waals surface area contributed by atoms with Crippen LogP contribution in [-0.2, 0) is 104 Å². The van der Waals surface area contributed by atoms with E-state index in [1.165, 1.54) is 27.7 Å². The number of hydrogen-bond acceptors (Lipinski definition) is 47. The van der Waals surface area contributed by atoms with Crippen LogP contribution in [0.15, 0.2) is 0 Å². The van der Waals surface area contributed by atoms with Gasteiger partial charge in [-0.15, -0.1) is 0 Å².